The average molecular weight is 303 g/mol. The van der Waals surface area contributed by atoms with Crippen LogP contribution in [0.2, 0.25) is 0 Å². The fraction of sp³-hybridized carbons (Fsp3) is 0.438. The van der Waals surface area contributed by atoms with Crippen LogP contribution in [0.5, 0.6) is 0 Å². The van der Waals surface area contributed by atoms with Gasteiger partial charge in [0.1, 0.15) is 0 Å². The molecular weight excluding hydrogens is 282 g/mol. The number of carboxylic acids is 1. The number of nitrogens with zero attached hydrogens (tertiary/aromatic N) is 2. The molecule has 0 bridgehead atoms. The third-order valence-corrected chi connectivity index (χ3v) is 3.27. The van der Waals surface area contributed by atoms with Crippen molar-refractivity contribution in [2.45, 2.75) is 45.7 Å². The Bertz CT molecular complexity index is 659. The van der Waals surface area contributed by atoms with E-state index < -0.39 is 5.97 Å². The molecule has 0 fully saturated rings. The lowest BCUT2D eigenvalue weighted by Crippen LogP contribution is -2.19. The first-order valence-electron chi connectivity index (χ1n) is 7.17. The van der Waals surface area contributed by atoms with Crippen molar-refractivity contribution in [2.24, 2.45) is 0 Å². The van der Waals surface area contributed by atoms with Gasteiger partial charge in [-0.1, -0.05) is 38.1 Å². The van der Waals surface area contributed by atoms with E-state index in [2.05, 4.69) is 15.5 Å². The van der Waals surface area contributed by atoms with E-state index in [0.29, 0.717) is 18.3 Å². The minimum Gasteiger partial charge on any atom is -0.478 e. The molecule has 6 nitrogen and oxygen atoms in total. The minimum absolute atomic E-state index is 0.114. The second-order valence-corrected chi connectivity index (χ2v) is 6.31. The van der Waals surface area contributed by atoms with Crippen LogP contribution in [0.25, 0.3) is 0 Å². The normalized spacial score (nSPS) is 13.1. The average Bonchev–Trinajstić information content (AvgIpc) is 2.95. The smallest absolute Gasteiger partial charge is 0.335 e. The van der Waals surface area contributed by atoms with Crippen LogP contribution in [-0.2, 0) is 12.0 Å². The Morgan fingerprint density at radius 3 is 2.73 bits per heavy atom. The van der Waals surface area contributed by atoms with Crippen molar-refractivity contribution in [1.29, 1.82) is 0 Å². The van der Waals surface area contributed by atoms with Crippen LogP contribution in [0.15, 0.2) is 28.8 Å². The quantitative estimate of drug-likeness (QED) is 0.883. The summed E-state index contributed by atoms with van der Waals surface area (Å²) in [6.45, 7) is 8.53. The number of benzene rings is 1. The summed E-state index contributed by atoms with van der Waals surface area (Å²) in [6.07, 6.45) is 0. The van der Waals surface area contributed by atoms with Crippen molar-refractivity contribution < 1.29 is 14.4 Å². The summed E-state index contributed by atoms with van der Waals surface area (Å²) in [5.41, 5.74) is 1.01. The summed E-state index contributed by atoms with van der Waals surface area (Å²) in [5.74, 6) is 0.268. The van der Waals surface area contributed by atoms with Gasteiger partial charge in [0.25, 0.3) is 0 Å². The van der Waals surface area contributed by atoms with E-state index >= 15 is 0 Å². The molecule has 1 unspecified atom stereocenters. The molecule has 22 heavy (non-hydrogen) atoms. The molecule has 0 aliphatic heterocycles. The fourth-order valence-electron chi connectivity index (χ4n) is 1.89. The van der Waals surface area contributed by atoms with Gasteiger partial charge in [0.15, 0.2) is 5.82 Å². The zero-order chi connectivity index (χ0) is 16.3. The van der Waals surface area contributed by atoms with E-state index in [1.54, 1.807) is 18.2 Å². The maximum Gasteiger partial charge on any atom is 0.335 e. The Kier molecular flexibility index (Phi) is 4.61. The first kappa shape index (κ1) is 16.2. The van der Waals surface area contributed by atoms with Crippen LogP contribution in [0.3, 0.4) is 0 Å². The highest BCUT2D eigenvalue weighted by molar-refractivity contribution is 5.87. The Hall–Kier alpha value is -2.21. The molecular formula is C16H21N3O3. The number of hydrogen-bond acceptors (Lipinski definition) is 5. The zero-order valence-corrected chi connectivity index (χ0v) is 13.3. The number of carboxylic acid groups (broad SMARTS) is 1. The van der Waals surface area contributed by atoms with Gasteiger partial charge in [0.2, 0.25) is 5.89 Å². The Morgan fingerprint density at radius 2 is 2.14 bits per heavy atom. The third kappa shape index (κ3) is 3.92. The van der Waals surface area contributed by atoms with E-state index in [-0.39, 0.29) is 17.0 Å². The standard InChI is InChI=1S/C16H21N3O3/c1-10(13-18-15(19-22-13)16(2,3)4)17-9-11-6-5-7-12(8-11)14(20)21/h5-8,10,17H,9H2,1-4H3,(H,20,21). The first-order chi connectivity index (χ1) is 10.3. The van der Waals surface area contributed by atoms with Crippen molar-refractivity contribution in [3.05, 3.63) is 47.1 Å². The van der Waals surface area contributed by atoms with E-state index in [0.717, 1.165) is 5.56 Å². The van der Waals surface area contributed by atoms with Crippen molar-refractivity contribution in [3.63, 3.8) is 0 Å². The van der Waals surface area contributed by atoms with Crippen LogP contribution < -0.4 is 5.32 Å². The van der Waals surface area contributed by atoms with Crippen molar-refractivity contribution >= 4 is 5.97 Å². The minimum atomic E-state index is -0.929. The molecule has 0 amide bonds. The number of nitrogens with one attached hydrogen (secondary N) is 1. The molecule has 6 heteroatoms. The van der Waals surface area contributed by atoms with Gasteiger partial charge in [-0.25, -0.2) is 4.79 Å². The Balaban J connectivity index is 2.01. The SMILES string of the molecule is CC(NCc1cccc(C(=O)O)c1)c1nc(C(C)(C)C)no1. The molecule has 1 aromatic heterocycles. The summed E-state index contributed by atoms with van der Waals surface area (Å²) in [4.78, 5) is 15.4. The number of aromatic carboxylic acids is 1. The largest absolute Gasteiger partial charge is 0.478 e. The van der Waals surface area contributed by atoms with Crippen LogP contribution in [0, 0.1) is 0 Å². The molecule has 1 aromatic carbocycles. The molecule has 0 aliphatic rings. The Morgan fingerprint density at radius 1 is 1.41 bits per heavy atom. The number of rotatable bonds is 5. The summed E-state index contributed by atoms with van der Waals surface area (Å²) >= 11 is 0. The van der Waals surface area contributed by atoms with Gasteiger partial charge in [-0.15, -0.1) is 0 Å². The predicted octanol–water partition coefficient (Wildman–Crippen LogP) is 2.92. The molecule has 0 aliphatic carbocycles. The third-order valence-electron chi connectivity index (χ3n) is 3.27. The highest BCUT2D eigenvalue weighted by atomic mass is 16.5. The summed E-state index contributed by atoms with van der Waals surface area (Å²) in [6, 6.07) is 6.71. The van der Waals surface area contributed by atoms with Gasteiger partial charge in [-0.3, -0.25) is 0 Å². The topological polar surface area (TPSA) is 88.2 Å². The molecule has 0 saturated carbocycles. The second-order valence-electron chi connectivity index (χ2n) is 6.31. The molecule has 2 rings (SSSR count). The van der Waals surface area contributed by atoms with Gasteiger partial charge in [0, 0.05) is 12.0 Å². The molecule has 2 aromatic rings. The first-order valence-corrected chi connectivity index (χ1v) is 7.17. The molecule has 0 spiro atoms. The van der Waals surface area contributed by atoms with Gasteiger partial charge in [0.05, 0.1) is 11.6 Å². The highest BCUT2D eigenvalue weighted by Crippen LogP contribution is 2.20. The predicted molar refractivity (Wildman–Crippen MR) is 81.7 cm³/mol. The van der Waals surface area contributed by atoms with Gasteiger partial charge < -0.3 is 14.9 Å². The van der Waals surface area contributed by atoms with E-state index in [1.807, 2.05) is 33.8 Å². The lowest BCUT2D eigenvalue weighted by atomic mass is 9.96. The second kappa shape index (κ2) is 6.27. The summed E-state index contributed by atoms with van der Waals surface area (Å²) in [5, 5.41) is 16.2. The van der Waals surface area contributed by atoms with Crippen LogP contribution in [-0.4, -0.2) is 21.2 Å². The highest BCUT2D eigenvalue weighted by Gasteiger charge is 2.22. The van der Waals surface area contributed by atoms with Crippen molar-refractivity contribution in [3.8, 4) is 0 Å². The lowest BCUT2D eigenvalue weighted by Gasteiger charge is -2.12. The molecule has 1 heterocycles. The van der Waals surface area contributed by atoms with E-state index in [9.17, 15) is 4.79 Å². The monoisotopic (exact) mass is 303 g/mol. The summed E-state index contributed by atoms with van der Waals surface area (Å²) < 4.78 is 5.29. The number of aromatic nitrogens is 2. The van der Waals surface area contributed by atoms with Gasteiger partial charge in [-0.2, -0.15) is 4.98 Å². The van der Waals surface area contributed by atoms with Crippen molar-refractivity contribution in [1.82, 2.24) is 15.5 Å². The summed E-state index contributed by atoms with van der Waals surface area (Å²) in [7, 11) is 0. The fourth-order valence-corrected chi connectivity index (χ4v) is 1.89. The molecule has 1 atom stereocenters. The molecule has 0 radical (unpaired) electrons. The van der Waals surface area contributed by atoms with Crippen molar-refractivity contribution in [2.75, 3.05) is 0 Å². The van der Waals surface area contributed by atoms with Crippen LogP contribution in [0.4, 0.5) is 0 Å². The number of carbonyl (C=O) groups is 1. The molecule has 118 valence electrons. The van der Waals surface area contributed by atoms with Crippen LogP contribution in [0.1, 0.15) is 61.4 Å². The zero-order valence-electron chi connectivity index (χ0n) is 13.3. The maximum absolute atomic E-state index is 11.0. The number of hydrogen-bond donors (Lipinski definition) is 2. The molecule has 0 saturated heterocycles. The van der Waals surface area contributed by atoms with Crippen LogP contribution >= 0.6 is 0 Å². The lowest BCUT2D eigenvalue weighted by molar-refractivity contribution is 0.0696. The van der Waals surface area contributed by atoms with E-state index in [1.165, 1.54) is 0 Å². The van der Waals surface area contributed by atoms with Gasteiger partial charge in [-0.05, 0) is 24.6 Å². The maximum atomic E-state index is 11.0. The van der Waals surface area contributed by atoms with E-state index in [4.69, 9.17) is 9.63 Å². The van der Waals surface area contributed by atoms with Gasteiger partial charge >= 0.3 is 5.97 Å². The molecule has 2 N–H and O–H groups in total. The Labute approximate surface area is 129 Å².